The van der Waals surface area contributed by atoms with Gasteiger partial charge in [0.05, 0.1) is 12.6 Å². The van der Waals surface area contributed by atoms with Gasteiger partial charge >= 0.3 is 0 Å². The molecule has 0 radical (unpaired) electrons. The van der Waals surface area contributed by atoms with Crippen LogP contribution in [0.25, 0.3) is 0 Å². The minimum atomic E-state index is -0.496. The SMILES string of the molecule is Cc1cccc(C(O)Cn2cccn2)c1. The van der Waals surface area contributed by atoms with Crippen LogP contribution in [0.4, 0.5) is 0 Å². The Balaban J connectivity index is 2.11. The van der Waals surface area contributed by atoms with Crippen molar-refractivity contribution in [2.45, 2.75) is 19.6 Å². The molecule has 0 amide bonds. The van der Waals surface area contributed by atoms with E-state index in [1.165, 1.54) is 0 Å². The van der Waals surface area contributed by atoms with Gasteiger partial charge in [0.15, 0.2) is 0 Å². The first-order valence-corrected chi connectivity index (χ1v) is 4.98. The Labute approximate surface area is 89.0 Å². The second-order valence-corrected chi connectivity index (χ2v) is 3.66. The van der Waals surface area contributed by atoms with E-state index < -0.39 is 6.10 Å². The van der Waals surface area contributed by atoms with E-state index in [1.807, 2.05) is 43.5 Å². The number of hydrogen-bond acceptors (Lipinski definition) is 2. The van der Waals surface area contributed by atoms with Gasteiger partial charge in [-0.05, 0) is 18.6 Å². The average Bonchev–Trinajstić information content (AvgIpc) is 2.70. The van der Waals surface area contributed by atoms with Gasteiger partial charge < -0.3 is 5.11 Å². The summed E-state index contributed by atoms with van der Waals surface area (Å²) in [4.78, 5) is 0. The Morgan fingerprint density at radius 2 is 2.27 bits per heavy atom. The number of aliphatic hydroxyl groups is 1. The monoisotopic (exact) mass is 202 g/mol. The highest BCUT2D eigenvalue weighted by molar-refractivity contribution is 5.23. The zero-order valence-electron chi connectivity index (χ0n) is 8.67. The van der Waals surface area contributed by atoms with E-state index in [0.29, 0.717) is 6.54 Å². The van der Waals surface area contributed by atoms with Crippen molar-refractivity contribution in [2.75, 3.05) is 0 Å². The molecule has 0 aliphatic rings. The smallest absolute Gasteiger partial charge is 0.0985 e. The lowest BCUT2D eigenvalue weighted by Gasteiger charge is -2.11. The number of rotatable bonds is 3. The Morgan fingerprint density at radius 1 is 1.40 bits per heavy atom. The molecular formula is C12H14N2O. The fourth-order valence-electron chi connectivity index (χ4n) is 1.57. The number of hydrogen-bond donors (Lipinski definition) is 1. The molecular weight excluding hydrogens is 188 g/mol. The third-order valence-electron chi connectivity index (χ3n) is 2.35. The van der Waals surface area contributed by atoms with Gasteiger partial charge in [-0.2, -0.15) is 5.10 Å². The maximum Gasteiger partial charge on any atom is 0.0985 e. The van der Waals surface area contributed by atoms with Crippen LogP contribution in [-0.4, -0.2) is 14.9 Å². The second-order valence-electron chi connectivity index (χ2n) is 3.66. The first-order chi connectivity index (χ1) is 7.25. The number of aryl methyl sites for hydroxylation is 1. The lowest BCUT2D eigenvalue weighted by Crippen LogP contribution is -2.09. The van der Waals surface area contributed by atoms with Gasteiger partial charge in [0.2, 0.25) is 0 Å². The molecule has 3 heteroatoms. The number of nitrogens with zero attached hydrogens (tertiary/aromatic N) is 2. The summed E-state index contributed by atoms with van der Waals surface area (Å²) >= 11 is 0. The average molecular weight is 202 g/mol. The third-order valence-corrected chi connectivity index (χ3v) is 2.35. The molecule has 1 heterocycles. The zero-order chi connectivity index (χ0) is 10.7. The topological polar surface area (TPSA) is 38.0 Å². The highest BCUT2D eigenvalue weighted by atomic mass is 16.3. The first kappa shape index (κ1) is 9.93. The third kappa shape index (κ3) is 2.44. The lowest BCUT2D eigenvalue weighted by molar-refractivity contribution is 0.151. The molecule has 1 N–H and O–H groups in total. The number of aromatic nitrogens is 2. The van der Waals surface area contributed by atoms with Crippen LogP contribution in [0.15, 0.2) is 42.7 Å². The minimum absolute atomic E-state index is 0.496. The fraction of sp³-hybridized carbons (Fsp3) is 0.250. The molecule has 1 aromatic heterocycles. The van der Waals surface area contributed by atoms with E-state index in [1.54, 1.807) is 10.9 Å². The van der Waals surface area contributed by atoms with Gasteiger partial charge in [0.25, 0.3) is 0 Å². The van der Waals surface area contributed by atoms with E-state index in [9.17, 15) is 5.11 Å². The van der Waals surface area contributed by atoms with Gasteiger partial charge in [-0.1, -0.05) is 29.8 Å². The number of aliphatic hydroxyl groups excluding tert-OH is 1. The Morgan fingerprint density at radius 3 is 2.93 bits per heavy atom. The highest BCUT2D eigenvalue weighted by Crippen LogP contribution is 2.15. The van der Waals surface area contributed by atoms with Crippen LogP contribution in [0.5, 0.6) is 0 Å². The standard InChI is InChI=1S/C12H14N2O/c1-10-4-2-5-11(8-10)12(15)9-14-7-3-6-13-14/h2-8,12,15H,9H2,1H3. The van der Waals surface area contributed by atoms with E-state index in [-0.39, 0.29) is 0 Å². The van der Waals surface area contributed by atoms with Crippen LogP contribution in [-0.2, 0) is 6.54 Å². The second kappa shape index (κ2) is 4.28. The van der Waals surface area contributed by atoms with Crippen molar-refractivity contribution in [1.29, 1.82) is 0 Å². The molecule has 0 saturated carbocycles. The maximum atomic E-state index is 9.96. The fourth-order valence-corrected chi connectivity index (χ4v) is 1.57. The largest absolute Gasteiger partial charge is 0.386 e. The summed E-state index contributed by atoms with van der Waals surface area (Å²) in [5, 5.41) is 14.0. The van der Waals surface area contributed by atoms with E-state index >= 15 is 0 Å². The zero-order valence-corrected chi connectivity index (χ0v) is 8.67. The highest BCUT2D eigenvalue weighted by Gasteiger charge is 2.07. The van der Waals surface area contributed by atoms with E-state index in [2.05, 4.69) is 5.10 Å². The van der Waals surface area contributed by atoms with Crippen LogP contribution in [0.3, 0.4) is 0 Å². The van der Waals surface area contributed by atoms with Crippen LogP contribution in [0, 0.1) is 6.92 Å². The quantitative estimate of drug-likeness (QED) is 0.825. The normalized spacial score (nSPS) is 12.7. The molecule has 0 bridgehead atoms. The molecule has 78 valence electrons. The van der Waals surface area contributed by atoms with Crippen LogP contribution < -0.4 is 0 Å². The molecule has 0 aliphatic carbocycles. The van der Waals surface area contributed by atoms with Crippen molar-refractivity contribution in [2.24, 2.45) is 0 Å². The van der Waals surface area contributed by atoms with Crippen molar-refractivity contribution >= 4 is 0 Å². The van der Waals surface area contributed by atoms with Gasteiger partial charge in [0, 0.05) is 12.4 Å². The van der Waals surface area contributed by atoms with E-state index in [4.69, 9.17) is 0 Å². The van der Waals surface area contributed by atoms with Crippen molar-refractivity contribution in [3.63, 3.8) is 0 Å². The summed E-state index contributed by atoms with van der Waals surface area (Å²) in [5.41, 5.74) is 2.09. The summed E-state index contributed by atoms with van der Waals surface area (Å²) in [6.45, 7) is 2.51. The summed E-state index contributed by atoms with van der Waals surface area (Å²) in [5.74, 6) is 0. The van der Waals surface area contributed by atoms with Crippen LogP contribution in [0.2, 0.25) is 0 Å². The summed E-state index contributed by atoms with van der Waals surface area (Å²) in [6.07, 6.45) is 3.06. The predicted molar refractivity (Wildman–Crippen MR) is 58.4 cm³/mol. The molecule has 0 saturated heterocycles. The van der Waals surface area contributed by atoms with Crippen molar-refractivity contribution in [1.82, 2.24) is 9.78 Å². The molecule has 15 heavy (non-hydrogen) atoms. The van der Waals surface area contributed by atoms with Gasteiger partial charge in [-0.25, -0.2) is 0 Å². The Bertz CT molecular complexity index is 423. The molecule has 1 unspecified atom stereocenters. The molecule has 0 aliphatic heterocycles. The first-order valence-electron chi connectivity index (χ1n) is 4.98. The van der Waals surface area contributed by atoms with Crippen molar-refractivity contribution in [3.05, 3.63) is 53.9 Å². The number of benzene rings is 1. The Kier molecular flexibility index (Phi) is 2.83. The lowest BCUT2D eigenvalue weighted by atomic mass is 10.1. The van der Waals surface area contributed by atoms with Crippen molar-refractivity contribution < 1.29 is 5.11 Å². The predicted octanol–water partition coefficient (Wildman–Crippen LogP) is 1.93. The molecule has 2 aromatic rings. The van der Waals surface area contributed by atoms with Gasteiger partial charge in [-0.15, -0.1) is 0 Å². The summed E-state index contributed by atoms with van der Waals surface area (Å²) in [7, 11) is 0. The molecule has 0 spiro atoms. The van der Waals surface area contributed by atoms with Gasteiger partial charge in [-0.3, -0.25) is 4.68 Å². The minimum Gasteiger partial charge on any atom is -0.386 e. The maximum absolute atomic E-state index is 9.96. The molecule has 1 atom stereocenters. The van der Waals surface area contributed by atoms with Gasteiger partial charge in [0.1, 0.15) is 0 Å². The molecule has 2 rings (SSSR count). The van der Waals surface area contributed by atoms with E-state index in [0.717, 1.165) is 11.1 Å². The van der Waals surface area contributed by atoms with Crippen LogP contribution in [0.1, 0.15) is 17.2 Å². The summed E-state index contributed by atoms with van der Waals surface area (Å²) < 4.78 is 1.73. The van der Waals surface area contributed by atoms with Crippen molar-refractivity contribution in [3.8, 4) is 0 Å². The molecule has 3 nitrogen and oxygen atoms in total. The van der Waals surface area contributed by atoms with Crippen LogP contribution >= 0.6 is 0 Å². The molecule has 1 aromatic carbocycles. The summed E-state index contributed by atoms with van der Waals surface area (Å²) in [6, 6.07) is 9.75. The molecule has 0 fully saturated rings. The Hall–Kier alpha value is -1.61.